The van der Waals surface area contributed by atoms with E-state index in [2.05, 4.69) is 0 Å². The lowest BCUT2D eigenvalue weighted by atomic mass is 9.55. The minimum atomic E-state index is -0.846. The lowest BCUT2D eigenvalue weighted by Crippen LogP contribution is -2.52. The van der Waals surface area contributed by atoms with Crippen LogP contribution in [-0.4, -0.2) is 45.0 Å². The van der Waals surface area contributed by atoms with Crippen LogP contribution in [0.25, 0.3) is 0 Å². The summed E-state index contributed by atoms with van der Waals surface area (Å²) in [6, 6.07) is 24.4. The van der Waals surface area contributed by atoms with Gasteiger partial charge in [-0.3, -0.25) is 29.3 Å². The van der Waals surface area contributed by atoms with E-state index < -0.39 is 58.6 Å². The molecule has 1 aliphatic heterocycles. The quantitative estimate of drug-likeness (QED) is 0.112. The van der Waals surface area contributed by atoms with E-state index in [1.165, 1.54) is 30.3 Å². The molecule has 3 amide bonds. The number of halogens is 2. The smallest absolute Gasteiger partial charge is 0.273 e. The second kappa shape index (κ2) is 10.4. The number of Topliss-reactive ketones (excluding diaryl/α,β-unsaturated/α-hetero) is 1. The van der Waals surface area contributed by atoms with Crippen LogP contribution >= 0.6 is 23.2 Å². The highest BCUT2D eigenvalue weighted by Gasteiger charge is 2.63. The Labute approximate surface area is 260 Å². The van der Waals surface area contributed by atoms with E-state index >= 15 is 0 Å². The molecule has 0 saturated carbocycles. The number of nitro benzene ring substituents is 1. The van der Waals surface area contributed by atoms with E-state index in [4.69, 9.17) is 23.2 Å². The molecular formula is C33H21Cl2N3O6. The number of hydrazine groups is 1. The van der Waals surface area contributed by atoms with Crippen molar-refractivity contribution < 1.29 is 24.1 Å². The van der Waals surface area contributed by atoms with Crippen molar-refractivity contribution in [2.75, 3.05) is 6.54 Å². The Balaban J connectivity index is 1.33. The monoisotopic (exact) mass is 625 g/mol. The summed E-state index contributed by atoms with van der Waals surface area (Å²) in [5.41, 5.74) is 3.58. The Morgan fingerprint density at radius 3 is 1.73 bits per heavy atom. The molecule has 2 atom stereocenters. The van der Waals surface area contributed by atoms with Gasteiger partial charge in [-0.05, 0) is 52.6 Å². The maximum Gasteiger partial charge on any atom is 0.273 e. The van der Waals surface area contributed by atoms with Crippen LogP contribution < -0.4 is 0 Å². The van der Waals surface area contributed by atoms with Crippen molar-refractivity contribution in [1.29, 1.82) is 0 Å². The molecular weight excluding hydrogens is 605 g/mol. The fourth-order valence-electron chi connectivity index (χ4n) is 6.94. The number of nitrogens with zero attached hydrogens (tertiary/aromatic N) is 3. The standard InChI is InChI=1S/C33H21Cl2N3O6/c34-18-11-14-24(25(35)15-18)26(39)16-36(31(40)17-9-12-19(13-10-17)38(43)44)37-32(41)29-27-20-5-1-2-6-21(20)28(30(29)33(37)42)23-8-4-3-7-22(23)27/h1-15,27-30H,16H2/t27?,28?,29-,30-/m1/s1. The summed E-state index contributed by atoms with van der Waals surface area (Å²) in [5, 5.41) is 13.2. The first-order valence-electron chi connectivity index (χ1n) is 13.8. The first-order chi connectivity index (χ1) is 21.2. The highest BCUT2D eigenvalue weighted by atomic mass is 35.5. The van der Waals surface area contributed by atoms with Gasteiger partial charge in [0.1, 0.15) is 6.54 Å². The van der Waals surface area contributed by atoms with Gasteiger partial charge in [0.2, 0.25) is 0 Å². The number of imide groups is 1. The first kappa shape index (κ1) is 27.9. The van der Waals surface area contributed by atoms with Gasteiger partial charge in [-0.1, -0.05) is 71.7 Å². The zero-order valence-corrected chi connectivity index (χ0v) is 24.2. The summed E-state index contributed by atoms with van der Waals surface area (Å²) in [6.45, 7) is -0.691. The third-order valence-electron chi connectivity index (χ3n) is 8.75. The predicted octanol–water partition coefficient (Wildman–Crippen LogP) is 6.03. The van der Waals surface area contributed by atoms with Crippen molar-refractivity contribution in [3.8, 4) is 0 Å². The summed E-state index contributed by atoms with van der Waals surface area (Å²) in [5.74, 6) is -5.09. The Morgan fingerprint density at radius 2 is 1.27 bits per heavy atom. The number of rotatable bonds is 6. The molecule has 9 nitrogen and oxygen atoms in total. The van der Waals surface area contributed by atoms with Gasteiger partial charge in [-0.25, -0.2) is 5.01 Å². The number of ketones is 1. The largest absolute Gasteiger partial charge is 0.292 e. The summed E-state index contributed by atoms with van der Waals surface area (Å²) in [4.78, 5) is 67.0. The molecule has 1 fully saturated rings. The fraction of sp³-hybridized carbons (Fsp3) is 0.152. The highest BCUT2D eigenvalue weighted by Crippen LogP contribution is 2.61. The molecule has 4 aromatic rings. The number of hydrogen-bond acceptors (Lipinski definition) is 6. The maximum atomic E-state index is 14.4. The summed E-state index contributed by atoms with van der Waals surface area (Å²) < 4.78 is 0. The van der Waals surface area contributed by atoms with E-state index in [-0.39, 0.29) is 21.8 Å². The third-order valence-corrected chi connectivity index (χ3v) is 9.30. The summed E-state index contributed by atoms with van der Waals surface area (Å²) in [6.07, 6.45) is 0. The fourth-order valence-corrected chi connectivity index (χ4v) is 7.46. The molecule has 0 unspecified atom stereocenters. The zero-order valence-electron chi connectivity index (χ0n) is 22.7. The second-order valence-electron chi connectivity index (χ2n) is 11.0. The Hall–Kier alpha value is -4.86. The van der Waals surface area contributed by atoms with Gasteiger partial charge in [-0.15, -0.1) is 0 Å². The van der Waals surface area contributed by atoms with Crippen molar-refractivity contribution in [2.45, 2.75) is 11.8 Å². The molecule has 0 N–H and O–H groups in total. The van der Waals surface area contributed by atoms with Crippen LogP contribution in [0.4, 0.5) is 5.69 Å². The van der Waals surface area contributed by atoms with Crippen LogP contribution in [0, 0.1) is 22.0 Å². The maximum absolute atomic E-state index is 14.4. The van der Waals surface area contributed by atoms with E-state index in [1.807, 2.05) is 48.5 Å². The minimum absolute atomic E-state index is 0.0434. The van der Waals surface area contributed by atoms with Crippen molar-refractivity contribution in [2.24, 2.45) is 11.8 Å². The molecule has 4 aliphatic rings. The predicted molar refractivity (Wildman–Crippen MR) is 160 cm³/mol. The number of nitro groups is 1. The molecule has 1 saturated heterocycles. The van der Waals surface area contributed by atoms with Crippen LogP contribution in [0.15, 0.2) is 91.0 Å². The number of carbonyl (C=O) groups is 4. The van der Waals surface area contributed by atoms with Crippen molar-refractivity contribution >= 4 is 52.4 Å². The Morgan fingerprint density at radius 1 is 0.773 bits per heavy atom. The van der Waals surface area contributed by atoms with E-state index in [0.717, 1.165) is 44.4 Å². The van der Waals surface area contributed by atoms with Crippen molar-refractivity contribution in [1.82, 2.24) is 10.0 Å². The molecule has 218 valence electrons. The molecule has 11 heteroatoms. The zero-order chi connectivity index (χ0) is 30.9. The van der Waals surface area contributed by atoms with E-state index in [0.29, 0.717) is 5.02 Å². The summed E-state index contributed by atoms with van der Waals surface area (Å²) >= 11 is 12.3. The molecule has 3 aliphatic carbocycles. The number of carbonyl (C=O) groups excluding carboxylic acids is 4. The Kier molecular flexibility index (Phi) is 6.60. The molecule has 8 rings (SSSR count). The van der Waals surface area contributed by atoms with E-state index in [9.17, 15) is 29.3 Å². The molecule has 1 heterocycles. The average Bonchev–Trinajstić information content (AvgIpc) is 3.29. The van der Waals surface area contributed by atoms with E-state index in [1.54, 1.807) is 0 Å². The minimum Gasteiger partial charge on any atom is -0.292 e. The van der Waals surface area contributed by atoms with Gasteiger partial charge in [0, 0.05) is 40.1 Å². The lowest BCUT2D eigenvalue weighted by molar-refractivity contribution is -0.384. The van der Waals surface area contributed by atoms with Crippen LogP contribution in [0.1, 0.15) is 54.8 Å². The van der Waals surface area contributed by atoms with Crippen molar-refractivity contribution in [3.63, 3.8) is 0 Å². The van der Waals surface area contributed by atoms with Crippen LogP contribution in [0.2, 0.25) is 10.0 Å². The molecule has 0 radical (unpaired) electrons. The number of benzene rings is 4. The van der Waals surface area contributed by atoms with Crippen LogP contribution in [-0.2, 0) is 9.59 Å². The topological polar surface area (TPSA) is 118 Å². The molecule has 0 spiro atoms. The molecule has 4 aromatic carbocycles. The van der Waals surface area contributed by atoms with Gasteiger partial charge in [0.05, 0.1) is 21.8 Å². The third kappa shape index (κ3) is 4.15. The van der Waals surface area contributed by atoms with Gasteiger partial charge < -0.3 is 0 Å². The van der Waals surface area contributed by atoms with Gasteiger partial charge in [0.15, 0.2) is 5.78 Å². The summed E-state index contributed by atoms with van der Waals surface area (Å²) in [7, 11) is 0. The number of hydrogen-bond donors (Lipinski definition) is 0. The first-order valence-corrected chi connectivity index (χ1v) is 14.5. The Bertz CT molecular complexity index is 1810. The average molecular weight is 626 g/mol. The van der Waals surface area contributed by atoms with Crippen LogP contribution in [0.5, 0.6) is 0 Å². The molecule has 44 heavy (non-hydrogen) atoms. The van der Waals surface area contributed by atoms with Gasteiger partial charge in [0.25, 0.3) is 23.4 Å². The number of non-ortho nitro benzene ring substituents is 1. The SMILES string of the molecule is O=C(CN(C(=O)c1ccc([N+](=O)[O-])cc1)N1C(=O)[C@@H]2C3c4ccccc4C(c4ccccc43)[C@H]2C1=O)c1ccc(Cl)cc1Cl. The van der Waals surface area contributed by atoms with Crippen LogP contribution in [0.3, 0.4) is 0 Å². The molecule has 0 aromatic heterocycles. The lowest BCUT2D eigenvalue weighted by Gasteiger charge is -2.45. The van der Waals surface area contributed by atoms with Gasteiger partial charge in [-0.2, -0.15) is 5.01 Å². The normalized spacial score (nSPS) is 21.0. The van der Waals surface area contributed by atoms with Crippen molar-refractivity contribution in [3.05, 3.63) is 145 Å². The molecule has 2 bridgehead atoms. The highest BCUT2D eigenvalue weighted by molar-refractivity contribution is 6.37. The number of amides is 3. The van der Waals surface area contributed by atoms with Gasteiger partial charge >= 0.3 is 0 Å². The second-order valence-corrected chi connectivity index (χ2v) is 11.8.